The number of hydrogen-bond acceptors (Lipinski definition) is 3. The number of benzene rings is 1. The highest BCUT2D eigenvalue weighted by Gasteiger charge is 2.34. The monoisotopic (exact) mass is 201 g/mol. The van der Waals surface area contributed by atoms with Crippen LogP contribution in [-0.2, 0) is 0 Å². The van der Waals surface area contributed by atoms with E-state index in [0.29, 0.717) is 5.92 Å². The number of hydrogen-bond donors (Lipinski definition) is 3. The molecule has 3 nitrogen and oxygen atoms in total. The molecule has 2 atom stereocenters. The Morgan fingerprint density at radius 1 is 1.23 bits per heavy atom. The van der Waals surface area contributed by atoms with Crippen molar-refractivity contribution in [3.63, 3.8) is 0 Å². The van der Waals surface area contributed by atoms with Gasteiger partial charge in [-0.15, -0.1) is 12.4 Å². The molecule has 0 saturated heterocycles. The Labute approximate surface area is 82.6 Å². The van der Waals surface area contributed by atoms with Crippen LogP contribution < -0.4 is 5.73 Å². The molecular formula is C9H12ClNO2. The van der Waals surface area contributed by atoms with Crippen molar-refractivity contribution >= 4 is 12.4 Å². The summed E-state index contributed by atoms with van der Waals surface area (Å²) in [5.41, 5.74) is 6.65. The van der Waals surface area contributed by atoms with Crippen molar-refractivity contribution in [1.82, 2.24) is 0 Å². The van der Waals surface area contributed by atoms with Crippen LogP contribution in [0, 0.1) is 0 Å². The van der Waals surface area contributed by atoms with E-state index in [1.165, 1.54) is 6.07 Å². The molecule has 0 radical (unpaired) electrons. The van der Waals surface area contributed by atoms with Gasteiger partial charge in [0.1, 0.15) is 0 Å². The number of phenols is 2. The zero-order valence-electron chi connectivity index (χ0n) is 6.97. The lowest BCUT2D eigenvalue weighted by atomic mass is 10.1. The minimum Gasteiger partial charge on any atom is -0.504 e. The van der Waals surface area contributed by atoms with Crippen molar-refractivity contribution in [3.05, 3.63) is 23.8 Å². The van der Waals surface area contributed by atoms with Gasteiger partial charge >= 0.3 is 0 Å². The van der Waals surface area contributed by atoms with Crippen LogP contribution in [0.25, 0.3) is 0 Å². The molecule has 0 heterocycles. The molecule has 0 bridgehead atoms. The second-order valence-corrected chi connectivity index (χ2v) is 3.25. The fraction of sp³-hybridized carbons (Fsp3) is 0.333. The molecule has 1 aromatic carbocycles. The number of halogens is 1. The van der Waals surface area contributed by atoms with Gasteiger partial charge in [-0.25, -0.2) is 0 Å². The zero-order valence-corrected chi connectivity index (χ0v) is 7.79. The molecule has 0 unspecified atom stereocenters. The van der Waals surface area contributed by atoms with Gasteiger partial charge in [-0.3, -0.25) is 0 Å². The van der Waals surface area contributed by atoms with Crippen molar-refractivity contribution < 1.29 is 10.2 Å². The predicted octanol–water partition coefficient (Wildman–Crippen LogP) is 1.33. The highest BCUT2D eigenvalue weighted by atomic mass is 35.5. The van der Waals surface area contributed by atoms with E-state index in [2.05, 4.69) is 0 Å². The van der Waals surface area contributed by atoms with E-state index >= 15 is 0 Å². The van der Waals surface area contributed by atoms with E-state index in [0.717, 1.165) is 12.0 Å². The average molecular weight is 202 g/mol. The number of nitrogens with two attached hydrogens (primary N) is 1. The lowest BCUT2D eigenvalue weighted by Gasteiger charge is -2.01. The quantitative estimate of drug-likeness (QED) is 0.601. The summed E-state index contributed by atoms with van der Waals surface area (Å²) in [6.07, 6.45) is 0.976. The molecule has 4 heteroatoms. The van der Waals surface area contributed by atoms with Crippen LogP contribution in [0.5, 0.6) is 11.5 Å². The first-order chi connectivity index (χ1) is 5.68. The van der Waals surface area contributed by atoms with E-state index < -0.39 is 0 Å². The largest absolute Gasteiger partial charge is 0.504 e. The molecule has 13 heavy (non-hydrogen) atoms. The van der Waals surface area contributed by atoms with Gasteiger partial charge in [0.15, 0.2) is 11.5 Å². The van der Waals surface area contributed by atoms with Crippen molar-refractivity contribution in [2.24, 2.45) is 5.73 Å². The van der Waals surface area contributed by atoms with Crippen LogP contribution in [0.1, 0.15) is 17.9 Å². The maximum absolute atomic E-state index is 9.17. The van der Waals surface area contributed by atoms with Crippen LogP contribution in [0.15, 0.2) is 18.2 Å². The first-order valence-electron chi connectivity index (χ1n) is 3.96. The maximum Gasteiger partial charge on any atom is 0.157 e. The van der Waals surface area contributed by atoms with Gasteiger partial charge < -0.3 is 15.9 Å². The summed E-state index contributed by atoms with van der Waals surface area (Å²) in [5.74, 6) is 0.232. The standard InChI is InChI=1S/C9H11NO2.ClH/c10-7-4-6(7)5-1-2-8(11)9(12)3-5;/h1-3,6-7,11-12H,4,10H2;1H/t6-,7+;/m0./s1. The highest BCUT2D eigenvalue weighted by molar-refractivity contribution is 5.85. The second-order valence-electron chi connectivity index (χ2n) is 3.25. The van der Waals surface area contributed by atoms with Crippen LogP contribution in [-0.4, -0.2) is 16.3 Å². The van der Waals surface area contributed by atoms with Crippen molar-refractivity contribution in [2.75, 3.05) is 0 Å². The van der Waals surface area contributed by atoms with Crippen molar-refractivity contribution in [1.29, 1.82) is 0 Å². The highest BCUT2D eigenvalue weighted by Crippen LogP contribution is 2.41. The van der Waals surface area contributed by atoms with Gasteiger partial charge in [0.25, 0.3) is 0 Å². The summed E-state index contributed by atoms with van der Waals surface area (Å²) in [6.45, 7) is 0. The summed E-state index contributed by atoms with van der Waals surface area (Å²) in [6, 6.07) is 5.10. The summed E-state index contributed by atoms with van der Waals surface area (Å²) >= 11 is 0. The lowest BCUT2D eigenvalue weighted by molar-refractivity contribution is 0.403. The van der Waals surface area contributed by atoms with Gasteiger partial charge in [-0.1, -0.05) is 6.07 Å². The molecule has 72 valence electrons. The SMILES string of the molecule is Cl.N[C@@H]1C[C@H]1c1ccc(O)c(O)c1. The van der Waals surface area contributed by atoms with E-state index in [9.17, 15) is 5.11 Å². The lowest BCUT2D eigenvalue weighted by Crippen LogP contribution is -2.00. The van der Waals surface area contributed by atoms with Crippen molar-refractivity contribution in [3.8, 4) is 11.5 Å². The molecule has 1 fully saturated rings. The van der Waals surface area contributed by atoms with Gasteiger partial charge in [-0.2, -0.15) is 0 Å². The summed E-state index contributed by atoms with van der Waals surface area (Å²) < 4.78 is 0. The Morgan fingerprint density at radius 3 is 2.31 bits per heavy atom. The summed E-state index contributed by atoms with van der Waals surface area (Å²) in [4.78, 5) is 0. The van der Waals surface area contributed by atoms with E-state index in [1.807, 2.05) is 0 Å². The van der Waals surface area contributed by atoms with E-state index in [4.69, 9.17) is 10.8 Å². The van der Waals surface area contributed by atoms with Gasteiger partial charge in [0.05, 0.1) is 0 Å². The van der Waals surface area contributed by atoms with Gasteiger partial charge in [-0.05, 0) is 24.1 Å². The number of rotatable bonds is 1. The molecule has 0 aromatic heterocycles. The first-order valence-corrected chi connectivity index (χ1v) is 3.96. The molecule has 0 amide bonds. The van der Waals surface area contributed by atoms with E-state index in [1.54, 1.807) is 12.1 Å². The van der Waals surface area contributed by atoms with Crippen LogP contribution >= 0.6 is 12.4 Å². The molecule has 0 spiro atoms. The van der Waals surface area contributed by atoms with Gasteiger partial charge in [0, 0.05) is 12.0 Å². The Bertz CT molecular complexity index is 316. The second kappa shape index (κ2) is 3.44. The molecule has 1 aliphatic rings. The third kappa shape index (κ3) is 1.87. The Balaban J connectivity index is 0.000000845. The van der Waals surface area contributed by atoms with Crippen LogP contribution in [0.2, 0.25) is 0 Å². The van der Waals surface area contributed by atoms with Crippen LogP contribution in [0.4, 0.5) is 0 Å². The minimum atomic E-state index is -0.0760. The van der Waals surface area contributed by atoms with Crippen molar-refractivity contribution in [2.45, 2.75) is 18.4 Å². The fourth-order valence-electron chi connectivity index (χ4n) is 1.37. The Hall–Kier alpha value is -0.930. The third-order valence-electron chi connectivity index (χ3n) is 2.27. The molecule has 1 aromatic rings. The van der Waals surface area contributed by atoms with Gasteiger partial charge in [0.2, 0.25) is 0 Å². The Morgan fingerprint density at radius 2 is 1.85 bits per heavy atom. The smallest absolute Gasteiger partial charge is 0.157 e. The molecule has 0 aliphatic heterocycles. The topological polar surface area (TPSA) is 66.5 Å². The van der Waals surface area contributed by atoms with Crippen LogP contribution in [0.3, 0.4) is 0 Å². The molecule has 2 rings (SSSR count). The number of phenolic OH excluding ortho intramolecular Hbond substituents is 2. The maximum atomic E-state index is 9.17. The summed E-state index contributed by atoms with van der Waals surface area (Å²) in [7, 11) is 0. The Kier molecular flexibility index (Phi) is 2.68. The fourth-order valence-corrected chi connectivity index (χ4v) is 1.37. The molecule has 1 aliphatic carbocycles. The normalized spacial score (nSPS) is 25.0. The minimum absolute atomic E-state index is 0. The average Bonchev–Trinajstić information content (AvgIpc) is 2.73. The molecule has 1 saturated carbocycles. The number of aromatic hydroxyl groups is 2. The molecular weight excluding hydrogens is 190 g/mol. The first kappa shape index (κ1) is 10.2. The molecule has 4 N–H and O–H groups in total. The predicted molar refractivity (Wildman–Crippen MR) is 52.4 cm³/mol. The third-order valence-corrected chi connectivity index (χ3v) is 2.27. The zero-order chi connectivity index (χ0) is 8.72. The van der Waals surface area contributed by atoms with E-state index in [-0.39, 0.29) is 29.9 Å². The summed E-state index contributed by atoms with van der Waals surface area (Å²) in [5, 5.41) is 18.2.